The van der Waals surface area contributed by atoms with Crippen molar-refractivity contribution in [3.05, 3.63) is 24.8 Å². The number of amides is 2. The van der Waals surface area contributed by atoms with Crippen LogP contribution in [0.15, 0.2) is 24.8 Å². The summed E-state index contributed by atoms with van der Waals surface area (Å²) in [6.45, 7) is 5.81. The Morgan fingerprint density at radius 2 is 2.19 bits per heavy atom. The summed E-state index contributed by atoms with van der Waals surface area (Å²) in [6.07, 6.45) is 6.19. The predicted octanol–water partition coefficient (Wildman–Crippen LogP) is 1.28. The van der Waals surface area contributed by atoms with Crippen LogP contribution in [0.1, 0.15) is 19.8 Å². The Kier molecular flexibility index (Phi) is 7.57. The van der Waals surface area contributed by atoms with Crippen molar-refractivity contribution in [3.8, 4) is 0 Å². The van der Waals surface area contributed by atoms with Crippen LogP contribution in [0.4, 0.5) is 4.79 Å². The second kappa shape index (κ2) is 8.52. The highest BCUT2D eigenvalue weighted by atomic mass is 16.4. The third kappa shape index (κ3) is 6.64. The highest BCUT2D eigenvalue weighted by molar-refractivity contribution is 5.82. The highest BCUT2D eigenvalue weighted by Crippen LogP contribution is 1.92. The first-order chi connectivity index (χ1) is 7.61. The Labute approximate surface area is 95.2 Å². The molecule has 3 N–H and O–H groups in total. The van der Waals surface area contributed by atoms with Crippen LogP contribution >= 0.6 is 0 Å². The Balaban J connectivity index is 3.90. The van der Waals surface area contributed by atoms with E-state index in [2.05, 4.69) is 17.2 Å². The number of hydrogen-bond acceptors (Lipinski definition) is 2. The molecule has 0 spiro atoms. The smallest absolute Gasteiger partial charge is 0.326 e. The molecule has 90 valence electrons. The van der Waals surface area contributed by atoms with Crippen molar-refractivity contribution in [1.29, 1.82) is 0 Å². The minimum atomic E-state index is -1.07. The molecule has 0 saturated heterocycles. The van der Waals surface area contributed by atoms with Gasteiger partial charge in [-0.3, -0.25) is 0 Å². The van der Waals surface area contributed by atoms with Gasteiger partial charge in [0, 0.05) is 6.54 Å². The molecule has 0 aromatic rings. The van der Waals surface area contributed by atoms with Gasteiger partial charge in [-0.15, -0.1) is 6.58 Å². The number of carbonyl (C=O) groups excluding carboxylic acids is 1. The number of carbonyl (C=O) groups is 2. The van der Waals surface area contributed by atoms with E-state index < -0.39 is 18.0 Å². The van der Waals surface area contributed by atoms with Gasteiger partial charge in [-0.25, -0.2) is 9.59 Å². The molecule has 0 heterocycles. The fraction of sp³-hybridized carbons (Fsp3) is 0.455. The van der Waals surface area contributed by atoms with E-state index in [4.69, 9.17) is 5.11 Å². The molecule has 2 amide bonds. The molecule has 16 heavy (non-hydrogen) atoms. The second-order valence-electron chi connectivity index (χ2n) is 3.17. The maximum absolute atomic E-state index is 11.3. The van der Waals surface area contributed by atoms with Crippen LogP contribution in [0, 0.1) is 0 Å². The van der Waals surface area contributed by atoms with Crippen LogP contribution in [0.5, 0.6) is 0 Å². The van der Waals surface area contributed by atoms with E-state index in [1.165, 1.54) is 6.08 Å². The number of rotatable bonds is 7. The average Bonchev–Trinajstić information content (AvgIpc) is 2.23. The molecule has 1 unspecified atom stereocenters. The van der Waals surface area contributed by atoms with Gasteiger partial charge in [0.25, 0.3) is 0 Å². The van der Waals surface area contributed by atoms with Crippen molar-refractivity contribution in [2.45, 2.75) is 25.8 Å². The zero-order valence-electron chi connectivity index (χ0n) is 9.40. The van der Waals surface area contributed by atoms with Crippen LogP contribution in [0.2, 0.25) is 0 Å². The maximum Gasteiger partial charge on any atom is 0.326 e. The number of hydrogen-bond donors (Lipinski definition) is 3. The molecule has 0 aliphatic rings. The molecule has 0 bridgehead atoms. The molecular formula is C11H18N2O3. The number of carboxylic acid groups (broad SMARTS) is 1. The summed E-state index contributed by atoms with van der Waals surface area (Å²) in [4.78, 5) is 22.0. The summed E-state index contributed by atoms with van der Waals surface area (Å²) < 4.78 is 0. The van der Waals surface area contributed by atoms with E-state index in [9.17, 15) is 9.59 Å². The van der Waals surface area contributed by atoms with Crippen molar-refractivity contribution in [2.75, 3.05) is 6.54 Å². The third-order valence-electron chi connectivity index (χ3n) is 1.84. The van der Waals surface area contributed by atoms with Crippen LogP contribution in [0.25, 0.3) is 0 Å². The largest absolute Gasteiger partial charge is 0.480 e. The zero-order chi connectivity index (χ0) is 12.4. The van der Waals surface area contributed by atoms with E-state index in [1.54, 1.807) is 0 Å². The standard InChI is InChI=1S/C11H18N2O3/c1-3-5-6-8-12-11(16)13-9(7-4-2)10(14)15/h3-5,9H,2,6-8H2,1H3,(H,14,15)(H2,12,13,16)/b5-3+. The lowest BCUT2D eigenvalue weighted by atomic mass is 10.2. The third-order valence-corrected chi connectivity index (χ3v) is 1.84. The van der Waals surface area contributed by atoms with E-state index in [-0.39, 0.29) is 6.42 Å². The van der Waals surface area contributed by atoms with Gasteiger partial charge in [0.05, 0.1) is 0 Å². The minimum absolute atomic E-state index is 0.206. The van der Waals surface area contributed by atoms with E-state index >= 15 is 0 Å². The number of carboxylic acids is 1. The van der Waals surface area contributed by atoms with Crippen molar-refractivity contribution in [3.63, 3.8) is 0 Å². The first-order valence-electron chi connectivity index (χ1n) is 5.11. The lowest BCUT2D eigenvalue weighted by Crippen LogP contribution is -2.45. The molecule has 5 nitrogen and oxygen atoms in total. The highest BCUT2D eigenvalue weighted by Gasteiger charge is 2.17. The van der Waals surface area contributed by atoms with Crippen molar-refractivity contribution < 1.29 is 14.7 Å². The lowest BCUT2D eigenvalue weighted by Gasteiger charge is -2.12. The molecule has 0 aromatic carbocycles. The first-order valence-corrected chi connectivity index (χ1v) is 5.11. The minimum Gasteiger partial charge on any atom is -0.480 e. The summed E-state index contributed by atoms with van der Waals surface area (Å²) in [5.41, 5.74) is 0. The maximum atomic E-state index is 11.3. The first kappa shape index (κ1) is 14.2. The van der Waals surface area contributed by atoms with E-state index in [1.807, 2.05) is 19.1 Å². The number of nitrogens with one attached hydrogen (secondary N) is 2. The van der Waals surface area contributed by atoms with Gasteiger partial charge in [-0.1, -0.05) is 18.2 Å². The quantitative estimate of drug-likeness (QED) is 0.452. The normalized spacial score (nSPS) is 12.1. The van der Waals surface area contributed by atoms with Crippen molar-refractivity contribution >= 4 is 12.0 Å². The summed E-state index contributed by atoms with van der Waals surface area (Å²) in [5.74, 6) is -1.07. The molecule has 0 fully saturated rings. The molecule has 0 aliphatic heterocycles. The van der Waals surface area contributed by atoms with Crippen molar-refractivity contribution in [2.24, 2.45) is 0 Å². The second-order valence-corrected chi connectivity index (χ2v) is 3.17. The zero-order valence-corrected chi connectivity index (χ0v) is 9.40. The van der Waals surface area contributed by atoms with Crippen LogP contribution in [-0.2, 0) is 4.79 Å². The monoisotopic (exact) mass is 226 g/mol. The Morgan fingerprint density at radius 3 is 2.69 bits per heavy atom. The Morgan fingerprint density at radius 1 is 1.50 bits per heavy atom. The topological polar surface area (TPSA) is 78.4 Å². The molecule has 5 heteroatoms. The van der Waals surface area contributed by atoms with Crippen LogP contribution < -0.4 is 10.6 Å². The van der Waals surface area contributed by atoms with Gasteiger partial charge in [-0.05, 0) is 19.8 Å². The van der Waals surface area contributed by atoms with Gasteiger partial charge in [0.1, 0.15) is 6.04 Å². The van der Waals surface area contributed by atoms with Crippen LogP contribution in [-0.4, -0.2) is 29.7 Å². The summed E-state index contributed by atoms with van der Waals surface area (Å²) in [7, 11) is 0. The van der Waals surface area contributed by atoms with Gasteiger partial charge in [0.2, 0.25) is 0 Å². The fourth-order valence-corrected chi connectivity index (χ4v) is 1.03. The lowest BCUT2D eigenvalue weighted by molar-refractivity contribution is -0.139. The summed E-state index contributed by atoms with van der Waals surface area (Å²) in [5, 5.41) is 13.7. The Hall–Kier alpha value is -1.78. The summed E-state index contributed by atoms with van der Waals surface area (Å²) in [6, 6.07) is -1.39. The molecule has 0 saturated carbocycles. The fourth-order valence-electron chi connectivity index (χ4n) is 1.03. The molecular weight excluding hydrogens is 208 g/mol. The van der Waals surface area contributed by atoms with E-state index in [0.29, 0.717) is 6.54 Å². The SMILES string of the molecule is C=CCC(NC(=O)NCC/C=C/C)C(=O)O. The average molecular weight is 226 g/mol. The van der Waals surface area contributed by atoms with Gasteiger partial charge >= 0.3 is 12.0 Å². The Bertz CT molecular complexity index is 274. The van der Waals surface area contributed by atoms with Crippen molar-refractivity contribution in [1.82, 2.24) is 10.6 Å². The number of allylic oxidation sites excluding steroid dienone is 1. The van der Waals surface area contributed by atoms with E-state index in [0.717, 1.165) is 6.42 Å². The molecule has 0 aliphatic carbocycles. The van der Waals surface area contributed by atoms with Gasteiger partial charge in [0.15, 0.2) is 0 Å². The summed E-state index contributed by atoms with van der Waals surface area (Å²) >= 11 is 0. The molecule has 0 aromatic heterocycles. The number of urea groups is 1. The van der Waals surface area contributed by atoms with Crippen LogP contribution in [0.3, 0.4) is 0 Å². The number of aliphatic carboxylic acids is 1. The predicted molar refractivity (Wildman–Crippen MR) is 62.2 cm³/mol. The van der Waals surface area contributed by atoms with Gasteiger partial charge in [-0.2, -0.15) is 0 Å². The molecule has 1 atom stereocenters. The van der Waals surface area contributed by atoms with Gasteiger partial charge < -0.3 is 15.7 Å². The molecule has 0 radical (unpaired) electrons. The molecule has 0 rings (SSSR count).